The van der Waals surface area contributed by atoms with Crippen molar-refractivity contribution in [2.24, 2.45) is 10.9 Å². The zero-order chi connectivity index (χ0) is 31.2. The van der Waals surface area contributed by atoms with E-state index in [4.69, 9.17) is 28.7 Å². The Labute approximate surface area is 256 Å². The largest absolute Gasteiger partial charge is 0.493 e. The Bertz CT molecular complexity index is 1590. The third-order valence-corrected chi connectivity index (χ3v) is 8.05. The van der Waals surface area contributed by atoms with Gasteiger partial charge in [-0.1, -0.05) is 36.4 Å². The second kappa shape index (κ2) is 13.6. The van der Waals surface area contributed by atoms with Crippen molar-refractivity contribution in [1.82, 2.24) is 0 Å². The average Bonchev–Trinajstić information content (AvgIpc) is 3.05. The lowest BCUT2D eigenvalue weighted by Gasteiger charge is -2.36. The van der Waals surface area contributed by atoms with Crippen LogP contribution in [0.3, 0.4) is 0 Å². The van der Waals surface area contributed by atoms with Crippen LogP contribution in [-0.4, -0.2) is 58.0 Å². The van der Waals surface area contributed by atoms with Crippen LogP contribution in [0.1, 0.15) is 53.1 Å². The van der Waals surface area contributed by atoms with Gasteiger partial charge >= 0.3 is 11.9 Å². The van der Waals surface area contributed by atoms with Gasteiger partial charge < -0.3 is 23.7 Å². The summed E-state index contributed by atoms with van der Waals surface area (Å²) < 4.78 is 27.1. The molecule has 3 aromatic rings. The number of aliphatic imine (C=N–C) groups is 1. The summed E-state index contributed by atoms with van der Waals surface area (Å²) >= 11 is 0. The van der Waals surface area contributed by atoms with Gasteiger partial charge in [0, 0.05) is 29.3 Å². The fourth-order valence-electron chi connectivity index (χ4n) is 5.92. The minimum atomic E-state index is -0.823. The molecule has 0 N–H and O–H groups in total. The van der Waals surface area contributed by atoms with E-state index in [2.05, 4.69) is 0 Å². The van der Waals surface area contributed by atoms with Crippen molar-refractivity contribution >= 4 is 23.4 Å². The number of methoxy groups -OCH3 is 3. The molecule has 2 aliphatic rings. The first-order chi connectivity index (χ1) is 21.3. The van der Waals surface area contributed by atoms with Crippen LogP contribution in [-0.2, 0) is 19.1 Å². The fourth-order valence-corrected chi connectivity index (χ4v) is 5.92. The first kappa shape index (κ1) is 30.5. The maximum absolute atomic E-state index is 14.0. The summed E-state index contributed by atoms with van der Waals surface area (Å²) in [7, 11) is 4.47. The molecule has 3 atom stereocenters. The van der Waals surface area contributed by atoms with E-state index in [-0.39, 0.29) is 31.3 Å². The van der Waals surface area contributed by atoms with Crippen LogP contribution >= 0.6 is 0 Å². The lowest BCUT2D eigenvalue weighted by molar-refractivity contribution is -0.147. The summed E-state index contributed by atoms with van der Waals surface area (Å²) in [6, 6.07) is 21.7. The van der Waals surface area contributed by atoms with Crippen molar-refractivity contribution in [3.8, 4) is 17.2 Å². The van der Waals surface area contributed by atoms with Gasteiger partial charge in [-0.15, -0.1) is 0 Å². The maximum atomic E-state index is 14.0. The zero-order valence-electron chi connectivity index (χ0n) is 25.2. The predicted octanol–water partition coefficient (Wildman–Crippen LogP) is 5.69. The van der Waals surface area contributed by atoms with E-state index in [1.54, 1.807) is 45.4 Å². The molecule has 0 saturated heterocycles. The first-order valence-corrected chi connectivity index (χ1v) is 14.4. The molecule has 0 saturated carbocycles. The number of carbonyl (C=O) groups is 3. The molecule has 0 spiro atoms. The molecule has 9 heteroatoms. The van der Waals surface area contributed by atoms with Crippen LogP contribution in [0.25, 0.3) is 0 Å². The van der Waals surface area contributed by atoms with Crippen molar-refractivity contribution in [2.45, 2.75) is 31.6 Å². The van der Waals surface area contributed by atoms with E-state index >= 15 is 0 Å². The zero-order valence-corrected chi connectivity index (χ0v) is 25.2. The summed E-state index contributed by atoms with van der Waals surface area (Å²) in [6.45, 7) is 2.00. The third kappa shape index (κ3) is 6.37. The number of Topliss-reactive ketones (excluding diaryl/α,β-unsaturated/α-hetero) is 1. The van der Waals surface area contributed by atoms with E-state index < -0.39 is 23.8 Å². The summed E-state index contributed by atoms with van der Waals surface area (Å²) in [4.78, 5) is 44.5. The average molecular weight is 598 g/mol. The topological polar surface area (TPSA) is 110 Å². The van der Waals surface area contributed by atoms with Crippen molar-refractivity contribution in [3.05, 3.63) is 101 Å². The minimum absolute atomic E-state index is 0.0345. The molecule has 0 radical (unpaired) electrons. The quantitative estimate of drug-likeness (QED) is 0.217. The van der Waals surface area contributed by atoms with Crippen LogP contribution in [0, 0.1) is 5.92 Å². The Kier molecular flexibility index (Phi) is 9.43. The van der Waals surface area contributed by atoms with Crippen molar-refractivity contribution < 1.29 is 38.1 Å². The predicted molar refractivity (Wildman–Crippen MR) is 164 cm³/mol. The molecule has 0 fully saturated rings. The van der Waals surface area contributed by atoms with Crippen LogP contribution in [0.15, 0.2) is 89.1 Å². The molecule has 9 nitrogen and oxygen atoms in total. The van der Waals surface area contributed by atoms with Crippen LogP contribution < -0.4 is 14.2 Å². The number of benzene rings is 3. The number of ether oxygens (including phenoxy) is 5. The molecule has 5 rings (SSSR count). The van der Waals surface area contributed by atoms with Gasteiger partial charge in [0.15, 0.2) is 17.3 Å². The molecule has 0 aromatic heterocycles. The smallest absolute Gasteiger partial charge is 0.337 e. The van der Waals surface area contributed by atoms with Gasteiger partial charge in [-0.05, 0) is 66.8 Å². The second-order valence-electron chi connectivity index (χ2n) is 10.7. The second-order valence-corrected chi connectivity index (χ2v) is 10.7. The van der Waals surface area contributed by atoms with Crippen molar-refractivity contribution in [3.63, 3.8) is 0 Å². The molecule has 1 unspecified atom stereocenters. The van der Waals surface area contributed by atoms with E-state index in [1.165, 1.54) is 7.11 Å². The van der Waals surface area contributed by atoms with Crippen LogP contribution in [0.5, 0.6) is 17.2 Å². The Morgan fingerprint density at radius 3 is 2.23 bits per heavy atom. The Balaban J connectivity index is 1.45. The van der Waals surface area contributed by atoms with Crippen LogP contribution in [0.4, 0.5) is 0 Å². The molecule has 228 valence electrons. The summed E-state index contributed by atoms with van der Waals surface area (Å²) in [6.07, 6.45) is 0.754. The minimum Gasteiger partial charge on any atom is -0.493 e. The number of esters is 2. The maximum Gasteiger partial charge on any atom is 0.337 e. The van der Waals surface area contributed by atoms with Crippen molar-refractivity contribution in [2.75, 3.05) is 34.5 Å². The Morgan fingerprint density at radius 1 is 0.841 bits per heavy atom. The van der Waals surface area contributed by atoms with Crippen LogP contribution in [0.2, 0.25) is 0 Å². The molecular formula is C35H35NO8. The molecule has 1 heterocycles. The summed E-state index contributed by atoms with van der Waals surface area (Å²) in [5.41, 5.74) is 3.72. The number of rotatable bonds is 10. The SMILES string of the molecule is COC(=O)c1ccc([C@@H]2C3=C(C[C@H](c4ccc(OC)c(OC)c4)CC3=O)N=C(C)C2C(=O)OCCOc2ccccc2)cc1. The van der Waals surface area contributed by atoms with Gasteiger partial charge in [0.2, 0.25) is 0 Å². The molecule has 44 heavy (non-hydrogen) atoms. The van der Waals surface area contributed by atoms with E-state index in [0.717, 1.165) is 5.56 Å². The normalized spacial score (nSPS) is 19.4. The summed E-state index contributed by atoms with van der Waals surface area (Å²) in [5, 5.41) is 0. The lowest BCUT2D eigenvalue weighted by atomic mass is 9.69. The number of nitrogens with zero attached hydrogens (tertiary/aromatic N) is 1. The number of para-hydroxylation sites is 1. The van der Waals surface area contributed by atoms with E-state index in [9.17, 15) is 14.4 Å². The molecule has 1 aliphatic carbocycles. The molecule has 0 amide bonds. The van der Waals surface area contributed by atoms with Gasteiger partial charge in [0.05, 0.1) is 26.9 Å². The first-order valence-electron chi connectivity index (χ1n) is 14.4. The number of carbonyl (C=O) groups excluding carboxylic acids is 3. The Hall–Kier alpha value is -4.92. The highest BCUT2D eigenvalue weighted by Gasteiger charge is 2.45. The third-order valence-electron chi connectivity index (χ3n) is 8.05. The Morgan fingerprint density at radius 2 is 1.55 bits per heavy atom. The number of hydrogen-bond acceptors (Lipinski definition) is 9. The van der Waals surface area contributed by atoms with Crippen molar-refractivity contribution in [1.29, 1.82) is 0 Å². The number of hydrogen-bond donors (Lipinski definition) is 0. The highest BCUT2D eigenvalue weighted by Crippen LogP contribution is 2.47. The standard InChI is InChI=1S/C35H35NO8/c1-21-31(35(39)44-17-16-43-26-8-6-5-7-9-26)32(22-10-12-23(13-11-22)34(38)42-4)33-27(36-21)18-25(19-28(33)37)24-14-15-29(40-2)30(20-24)41-3/h5-15,20,25,31-32H,16-19H2,1-4H3/t25-,31?,32-/m0/s1. The van der Waals surface area contributed by atoms with Gasteiger partial charge in [-0.2, -0.15) is 0 Å². The molecular weight excluding hydrogens is 562 g/mol. The molecule has 3 aromatic carbocycles. The lowest BCUT2D eigenvalue weighted by Crippen LogP contribution is -2.38. The fraction of sp³-hybridized carbons (Fsp3) is 0.314. The number of allylic oxidation sites excluding steroid dienone is 2. The monoisotopic (exact) mass is 597 g/mol. The van der Waals surface area contributed by atoms with Gasteiger partial charge in [-0.3, -0.25) is 14.6 Å². The van der Waals surface area contributed by atoms with Gasteiger partial charge in [0.1, 0.15) is 24.9 Å². The summed E-state index contributed by atoms with van der Waals surface area (Å²) in [5.74, 6) is -0.766. The van der Waals surface area contributed by atoms with E-state index in [1.807, 2.05) is 48.5 Å². The molecule has 0 bridgehead atoms. The highest BCUT2D eigenvalue weighted by molar-refractivity contribution is 6.09. The number of ketones is 1. The van der Waals surface area contributed by atoms with E-state index in [0.29, 0.717) is 51.8 Å². The van der Waals surface area contributed by atoms with Gasteiger partial charge in [-0.25, -0.2) is 4.79 Å². The molecule has 1 aliphatic heterocycles. The highest BCUT2D eigenvalue weighted by atomic mass is 16.6. The van der Waals surface area contributed by atoms with Gasteiger partial charge in [0.25, 0.3) is 0 Å².